The number of amides is 1. The van der Waals surface area contributed by atoms with Crippen LogP contribution >= 0.6 is 0 Å². The number of methoxy groups -OCH3 is 1. The normalized spacial score (nSPS) is 10.3. The molecule has 116 valence electrons. The average molecular weight is 310 g/mol. The van der Waals surface area contributed by atoms with Crippen LogP contribution in [0.3, 0.4) is 0 Å². The molecule has 3 rings (SSSR count). The minimum absolute atomic E-state index is 0.0784. The Bertz CT molecular complexity index is 785. The SMILES string of the molecule is COc1ccc(Cc2noc(C(=O)Nc3ccccc3)n2)cn1. The summed E-state index contributed by atoms with van der Waals surface area (Å²) in [6.07, 6.45) is 2.08. The Labute approximate surface area is 132 Å². The van der Waals surface area contributed by atoms with Crippen LogP contribution in [0, 0.1) is 0 Å². The maximum Gasteiger partial charge on any atom is 0.316 e. The second-order valence-electron chi connectivity index (χ2n) is 4.72. The molecule has 23 heavy (non-hydrogen) atoms. The molecule has 0 aliphatic heterocycles. The number of carbonyl (C=O) groups is 1. The van der Waals surface area contributed by atoms with Crippen molar-refractivity contribution in [3.8, 4) is 5.88 Å². The smallest absolute Gasteiger partial charge is 0.316 e. The summed E-state index contributed by atoms with van der Waals surface area (Å²) < 4.78 is 10.00. The van der Waals surface area contributed by atoms with Crippen LogP contribution < -0.4 is 10.1 Å². The molecule has 2 heterocycles. The molecule has 0 aliphatic rings. The van der Waals surface area contributed by atoms with E-state index in [1.165, 1.54) is 0 Å². The minimum Gasteiger partial charge on any atom is -0.481 e. The topological polar surface area (TPSA) is 90.1 Å². The second-order valence-corrected chi connectivity index (χ2v) is 4.72. The average Bonchev–Trinajstić information content (AvgIpc) is 3.05. The molecule has 2 aromatic heterocycles. The van der Waals surface area contributed by atoms with E-state index in [4.69, 9.17) is 9.26 Å². The Balaban J connectivity index is 1.66. The largest absolute Gasteiger partial charge is 0.481 e. The zero-order valence-corrected chi connectivity index (χ0v) is 12.4. The van der Waals surface area contributed by atoms with Gasteiger partial charge < -0.3 is 14.6 Å². The molecule has 0 saturated carbocycles. The van der Waals surface area contributed by atoms with E-state index < -0.39 is 5.91 Å². The Hall–Kier alpha value is -3.22. The molecule has 0 saturated heterocycles. The number of hydrogen-bond acceptors (Lipinski definition) is 6. The van der Waals surface area contributed by atoms with Crippen LogP contribution in [0.15, 0.2) is 53.2 Å². The molecule has 0 bridgehead atoms. The highest BCUT2D eigenvalue weighted by molar-refractivity contribution is 6.00. The highest BCUT2D eigenvalue weighted by Crippen LogP contribution is 2.11. The fraction of sp³-hybridized carbons (Fsp3) is 0.125. The van der Waals surface area contributed by atoms with Gasteiger partial charge in [0.1, 0.15) is 0 Å². The molecule has 0 radical (unpaired) electrons. The van der Waals surface area contributed by atoms with E-state index in [0.717, 1.165) is 5.56 Å². The number of aromatic nitrogens is 3. The van der Waals surface area contributed by atoms with Crippen LogP contribution in [0.2, 0.25) is 0 Å². The minimum atomic E-state index is -0.442. The van der Waals surface area contributed by atoms with E-state index in [1.807, 2.05) is 24.3 Å². The van der Waals surface area contributed by atoms with Crippen molar-refractivity contribution in [3.63, 3.8) is 0 Å². The van der Waals surface area contributed by atoms with Crippen LogP contribution in [-0.4, -0.2) is 28.1 Å². The van der Waals surface area contributed by atoms with Gasteiger partial charge in [-0.3, -0.25) is 4.79 Å². The molecule has 0 atom stereocenters. The van der Waals surface area contributed by atoms with Gasteiger partial charge in [0, 0.05) is 24.4 Å². The highest BCUT2D eigenvalue weighted by atomic mass is 16.5. The van der Waals surface area contributed by atoms with Gasteiger partial charge in [-0.1, -0.05) is 29.4 Å². The van der Waals surface area contributed by atoms with Gasteiger partial charge >= 0.3 is 11.8 Å². The third-order valence-electron chi connectivity index (χ3n) is 3.06. The van der Waals surface area contributed by atoms with E-state index in [1.54, 1.807) is 31.5 Å². The molecule has 1 amide bonds. The Kier molecular flexibility index (Phi) is 4.28. The number of pyridine rings is 1. The summed E-state index contributed by atoms with van der Waals surface area (Å²) in [4.78, 5) is 20.2. The van der Waals surface area contributed by atoms with Crippen molar-refractivity contribution < 1.29 is 14.1 Å². The third-order valence-corrected chi connectivity index (χ3v) is 3.06. The molecule has 0 spiro atoms. The number of para-hydroxylation sites is 1. The lowest BCUT2D eigenvalue weighted by Crippen LogP contribution is -2.12. The number of nitrogens with one attached hydrogen (secondary N) is 1. The van der Waals surface area contributed by atoms with Crippen molar-refractivity contribution in [2.75, 3.05) is 12.4 Å². The lowest BCUT2D eigenvalue weighted by molar-refractivity contribution is 0.0981. The van der Waals surface area contributed by atoms with Gasteiger partial charge in [0.25, 0.3) is 0 Å². The van der Waals surface area contributed by atoms with Crippen molar-refractivity contribution in [3.05, 3.63) is 65.9 Å². The number of hydrogen-bond donors (Lipinski definition) is 1. The van der Waals surface area contributed by atoms with Crippen LogP contribution in [0.1, 0.15) is 22.1 Å². The van der Waals surface area contributed by atoms with Crippen LogP contribution in [0.25, 0.3) is 0 Å². The Morgan fingerprint density at radius 2 is 2.04 bits per heavy atom. The van der Waals surface area contributed by atoms with Gasteiger partial charge in [-0.05, 0) is 17.7 Å². The van der Waals surface area contributed by atoms with Crippen molar-refractivity contribution in [1.29, 1.82) is 0 Å². The monoisotopic (exact) mass is 310 g/mol. The maximum atomic E-state index is 12.0. The first kappa shape index (κ1) is 14.7. The standard InChI is InChI=1S/C16H14N4O3/c1-22-14-8-7-11(10-17-14)9-13-19-16(23-20-13)15(21)18-12-5-3-2-4-6-12/h2-8,10H,9H2,1H3,(H,18,21). The molecular formula is C16H14N4O3. The maximum absolute atomic E-state index is 12.0. The first-order valence-corrected chi connectivity index (χ1v) is 6.92. The fourth-order valence-electron chi connectivity index (χ4n) is 1.94. The zero-order valence-electron chi connectivity index (χ0n) is 12.4. The molecule has 1 N–H and O–H groups in total. The van der Waals surface area contributed by atoms with Crippen LogP contribution in [0.4, 0.5) is 5.69 Å². The second kappa shape index (κ2) is 6.69. The van der Waals surface area contributed by atoms with Gasteiger partial charge in [0.05, 0.1) is 7.11 Å². The number of benzene rings is 1. The van der Waals surface area contributed by atoms with Crippen LogP contribution in [-0.2, 0) is 6.42 Å². The van der Waals surface area contributed by atoms with E-state index in [2.05, 4.69) is 20.4 Å². The molecule has 0 unspecified atom stereocenters. The van der Waals surface area contributed by atoms with E-state index in [-0.39, 0.29) is 5.89 Å². The third kappa shape index (κ3) is 3.70. The summed E-state index contributed by atoms with van der Waals surface area (Å²) in [6.45, 7) is 0. The van der Waals surface area contributed by atoms with Gasteiger partial charge in [-0.2, -0.15) is 4.98 Å². The predicted molar refractivity (Wildman–Crippen MR) is 82.3 cm³/mol. The van der Waals surface area contributed by atoms with Crippen molar-refractivity contribution >= 4 is 11.6 Å². The summed E-state index contributed by atoms with van der Waals surface area (Å²) in [5.41, 5.74) is 1.55. The van der Waals surface area contributed by atoms with Crippen molar-refractivity contribution in [2.45, 2.75) is 6.42 Å². The highest BCUT2D eigenvalue weighted by Gasteiger charge is 2.15. The molecule has 7 nitrogen and oxygen atoms in total. The molecule has 3 aromatic rings. The quantitative estimate of drug-likeness (QED) is 0.777. The van der Waals surface area contributed by atoms with Crippen molar-refractivity contribution in [2.24, 2.45) is 0 Å². The predicted octanol–water partition coefficient (Wildman–Crippen LogP) is 2.32. The lowest BCUT2D eigenvalue weighted by atomic mass is 10.2. The Morgan fingerprint density at radius 3 is 2.74 bits per heavy atom. The van der Waals surface area contributed by atoms with E-state index in [9.17, 15) is 4.79 Å². The number of ether oxygens (including phenoxy) is 1. The van der Waals surface area contributed by atoms with E-state index >= 15 is 0 Å². The molecule has 1 aromatic carbocycles. The fourth-order valence-corrected chi connectivity index (χ4v) is 1.94. The van der Waals surface area contributed by atoms with Gasteiger partial charge in [0.15, 0.2) is 5.82 Å². The summed E-state index contributed by atoms with van der Waals surface area (Å²) in [6, 6.07) is 12.7. The summed E-state index contributed by atoms with van der Waals surface area (Å²) in [5, 5.41) is 6.50. The van der Waals surface area contributed by atoms with Gasteiger partial charge in [0.2, 0.25) is 5.88 Å². The van der Waals surface area contributed by atoms with Gasteiger partial charge in [-0.15, -0.1) is 0 Å². The molecular weight excluding hydrogens is 296 g/mol. The lowest BCUT2D eigenvalue weighted by Gasteiger charge is -2.00. The summed E-state index contributed by atoms with van der Waals surface area (Å²) in [5.74, 6) is 0.424. The first-order chi connectivity index (χ1) is 11.2. The molecule has 0 aliphatic carbocycles. The number of nitrogens with zero attached hydrogens (tertiary/aromatic N) is 3. The Morgan fingerprint density at radius 1 is 1.22 bits per heavy atom. The number of anilines is 1. The van der Waals surface area contributed by atoms with Crippen LogP contribution in [0.5, 0.6) is 5.88 Å². The van der Waals surface area contributed by atoms with Crippen molar-refractivity contribution in [1.82, 2.24) is 15.1 Å². The molecule has 7 heteroatoms. The number of rotatable bonds is 5. The zero-order chi connectivity index (χ0) is 16.1. The van der Waals surface area contributed by atoms with E-state index in [0.29, 0.717) is 23.8 Å². The first-order valence-electron chi connectivity index (χ1n) is 6.92. The number of carbonyl (C=O) groups excluding carboxylic acids is 1. The summed E-state index contributed by atoms with van der Waals surface area (Å²) in [7, 11) is 1.55. The molecule has 0 fully saturated rings. The summed E-state index contributed by atoms with van der Waals surface area (Å²) >= 11 is 0. The van der Waals surface area contributed by atoms with Gasteiger partial charge in [-0.25, -0.2) is 4.98 Å².